The zero-order valence-corrected chi connectivity index (χ0v) is 22.6. The number of anilines is 3. The van der Waals surface area contributed by atoms with Gasteiger partial charge in [-0.1, -0.05) is 19.1 Å². The van der Waals surface area contributed by atoms with Crippen molar-refractivity contribution in [2.24, 2.45) is 0 Å². The number of aromatic nitrogens is 4. The molecule has 202 valence electrons. The zero-order valence-electron chi connectivity index (χ0n) is 22.6. The first-order valence-electron chi connectivity index (χ1n) is 12.7. The molecule has 10 nitrogen and oxygen atoms in total. The van der Waals surface area contributed by atoms with E-state index in [9.17, 15) is 4.79 Å². The molecule has 39 heavy (non-hydrogen) atoms. The van der Waals surface area contributed by atoms with E-state index in [-0.39, 0.29) is 5.91 Å². The van der Waals surface area contributed by atoms with E-state index in [0.29, 0.717) is 42.3 Å². The fraction of sp³-hybridized carbons (Fsp3) is 0.276. The van der Waals surface area contributed by atoms with Gasteiger partial charge in [0.25, 0.3) is 0 Å². The number of methoxy groups -OCH3 is 1. The average Bonchev–Trinajstić information content (AvgIpc) is 2.96. The molecule has 10 heteroatoms. The lowest BCUT2D eigenvalue weighted by Crippen LogP contribution is -2.22. The van der Waals surface area contributed by atoms with Gasteiger partial charge in [-0.25, -0.2) is 15.0 Å². The van der Waals surface area contributed by atoms with Crippen molar-refractivity contribution in [3.05, 3.63) is 83.8 Å². The van der Waals surface area contributed by atoms with Crippen molar-refractivity contribution in [2.45, 2.75) is 33.2 Å². The molecule has 0 aliphatic heterocycles. The lowest BCUT2D eigenvalue weighted by atomic mass is 10.1. The summed E-state index contributed by atoms with van der Waals surface area (Å²) in [6.45, 7) is 4.55. The molecule has 4 aromatic rings. The molecule has 2 aromatic carbocycles. The normalized spacial score (nSPS) is 10.6. The van der Waals surface area contributed by atoms with Gasteiger partial charge in [0.1, 0.15) is 11.5 Å². The Hall–Kier alpha value is -4.73. The number of hydrogen-bond donors (Lipinski definition) is 2. The second kappa shape index (κ2) is 13.2. The number of aryl methyl sites for hydroxylation is 1. The Morgan fingerprint density at radius 1 is 0.949 bits per heavy atom. The van der Waals surface area contributed by atoms with E-state index >= 15 is 0 Å². The smallest absolute Gasteiger partial charge is 0.233 e. The third-order valence-electron chi connectivity index (χ3n) is 5.98. The van der Waals surface area contributed by atoms with E-state index in [1.54, 1.807) is 13.2 Å². The van der Waals surface area contributed by atoms with Crippen molar-refractivity contribution in [1.29, 1.82) is 0 Å². The first kappa shape index (κ1) is 27.3. The molecule has 0 unspecified atom stereocenters. The molecule has 2 heterocycles. The maximum absolute atomic E-state index is 11.1. The van der Waals surface area contributed by atoms with Crippen LogP contribution in [0, 0.1) is 0 Å². The quantitative estimate of drug-likeness (QED) is 0.271. The Bertz CT molecular complexity index is 1360. The van der Waals surface area contributed by atoms with Crippen LogP contribution in [-0.4, -0.2) is 46.5 Å². The summed E-state index contributed by atoms with van der Waals surface area (Å²) in [5.41, 5.74) is 3.78. The van der Waals surface area contributed by atoms with Crippen LogP contribution in [0.4, 0.5) is 17.6 Å². The second-order valence-electron chi connectivity index (χ2n) is 8.86. The van der Waals surface area contributed by atoms with E-state index in [1.807, 2.05) is 72.9 Å². The molecule has 0 fully saturated rings. The molecule has 0 saturated heterocycles. The van der Waals surface area contributed by atoms with Crippen LogP contribution in [0.15, 0.2) is 67.0 Å². The Balaban J connectivity index is 1.54. The predicted octanol–water partition coefficient (Wildman–Crippen LogP) is 4.69. The molecule has 0 radical (unpaired) electrons. The van der Waals surface area contributed by atoms with Crippen molar-refractivity contribution in [3.8, 4) is 17.4 Å². The molecule has 0 spiro atoms. The molecule has 0 saturated carbocycles. The number of benzene rings is 2. The highest BCUT2D eigenvalue weighted by molar-refractivity contribution is 5.72. The third-order valence-corrected chi connectivity index (χ3v) is 5.98. The highest BCUT2D eigenvalue weighted by Crippen LogP contribution is 2.27. The molecule has 0 atom stereocenters. The predicted molar refractivity (Wildman–Crippen MR) is 151 cm³/mol. The van der Waals surface area contributed by atoms with Crippen LogP contribution in [0.2, 0.25) is 0 Å². The molecular weight excluding hydrogens is 494 g/mol. The average molecular weight is 528 g/mol. The number of carbonyl (C=O) groups excluding carboxylic acids is 1. The molecule has 0 bridgehead atoms. The van der Waals surface area contributed by atoms with Gasteiger partial charge in [0.15, 0.2) is 0 Å². The van der Waals surface area contributed by atoms with Crippen molar-refractivity contribution in [1.82, 2.24) is 25.3 Å². The molecule has 0 aliphatic carbocycles. The van der Waals surface area contributed by atoms with E-state index in [1.165, 1.54) is 6.92 Å². The fourth-order valence-electron chi connectivity index (χ4n) is 3.70. The molecule has 0 aliphatic rings. The van der Waals surface area contributed by atoms with Gasteiger partial charge in [0.2, 0.25) is 23.7 Å². The molecule has 2 N–H and O–H groups in total. The highest BCUT2D eigenvalue weighted by atomic mass is 16.5. The molecule has 1 amide bonds. The largest absolute Gasteiger partial charge is 0.497 e. The minimum atomic E-state index is -0.0380. The number of hydrogen-bond acceptors (Lipinski definition) is 9. The summed E-state index contributed by atoms with van der Waals surface area (Å²) in [5.74, 6) is 2.78. The van der Waals surface area contributed by atoms with E-state index < -0.39 is 0 Å². The Kier molecular flexibility index (Phi) is 9.23. The summed E-state index contributed by atoms with van der Waals surface area (Å²) >= 11 is 0. The fourth-order valence-corrected chi connectivity index (χ4v) is 3.70. The van der Waals surface area contributed by atoms with Gasteiger partial charge in [-0.2, -0.15) is 4.98 Å². The van der Waals surface area contributed by atoms with Crippen molar-refractivity contribution in [2.75, 3.05) is 30.9 Å². The van der Waals surface area contributed by atoms with Crippen LogP contribution in [-0.2, 0) is 24.2 Å². The number of ether oxygens (including phenoxy) is 2. The zero-order chi connectivity index (χ0) is 27.6. The van der Waals surface area contributed by atoms with Gasteiger partial charge in [0.05, 0.1) is 19.3 Å². The van der Waals surface area contributed by atoms with Crippen LogP contribution in [0.5, 0.6) is 17.4 Å². The monoisotopic (exact) mass is 527 g/mol. The summed E-state index contributed by atoms with van der Waals surface area (Å²) in [6, 6.07) is 17.2. The van der Waals surface area contributed by atoms with Gasteiger partial charge < -0.3 is 25.0 Å². The van der Waals surface area contributed by atoms with Gasteiger partial charge in [-0.15, -0.1) is 0 Å². The summed E-state index contributed by atoms with van der Waals surface area (Å²) in [4.78, 5) is 31.2. The number of nitrogens with one attached hydrogen (secondary N) is 2. The van der Waals surface area contributed by atoms with Gasteiger partial charge in [0, 0.05) is 44.7 Å². The summed E-state index contributed by atoms with van der Waals surface area (Å²) in [5, 5.41) is 6.03. The van der Waals surface area contributed by atoms with Crippen LogP contribution in [0.3, 0.4) is 0 Å². The SMILES string of the molecule is CCc1cnc(NCc2cc(Oc3ccc(CCNC(C)=O)cc3)nc(N(C)c3ccc(OC)cc3)n2)nc1. The number of rotatable bonds is 12. The number of amides is 1. The Morgan fingerprint density at radius 2 is 1.64 bits per heavy atom. The first-order valence-corrected chi connectivity index (χ1v) is 12.7. The number of nitrogens with zero attached hydrogens (tertiary/aromatic N) is 5. The van der Waals surface area contributed by atoms with Crippen LogP contribution < -0.4 is 25.0 Å². The standard InChI is InChI=1S/C29H33N7O3/c1-5-21-17-31-28(32-18-21)33-19-23-16-27(39-26-10-6-22(7-11-26)14-15-30-20(2)37)35-29(34-23)36(3)24-8-12-25(38-4)13-9-24/h6-13,16-18H,5,14-15,19H2,1-4H3,(H,30,37)(H,31,32,33). The van der Waals surface area contributed by atoms with E-state index in [2.05, 4.69) is 32.5 Å². The minimum absolute atomic E-state index is 0.0380. The molecule has 2 aromatic heterocycles. The van der Waals surface area contributed by atoms with E-state index in [4.69, 9.17) is 14.5 Å². The molecular formula is C29H33N7O3. The maximum atomic E-state index is 11.1. The van der Waals surface area contributed by atoms with Crippen LogP contribution in [0.25, 0.3) is 0 Å². The summed E-state index contributed by atoms with van der Waals surface area (Å²) < 4.78 is 11.4. The third kappa shape index (κ3) is 7.88. The Labute approximate surface area is 228 Å². The lowest BCUT2D eigenvalue weighted by Gasteiger charge is -2.19. The van der Waals surface area contributed by atoms with Crippen molar-refractivity contribution >= 4 is 23.5 Å². The van der Waals surface area contributed by atoms with Gasteiger partial charge in [-0.3, -0.25) is 4.79 Å². The highest BCUT2D eigenvalue weighted by Gasteiger charge is 2.13. The summed E-state index contributed by atoms with van der Waals surface area (Å²) in [7, 11) is 3.53. The number of carbonyl (C=O) groups is 1. The Morgan fingerprint density at radius 3 is 2.28 bits per heavy atom. The van der Waals surface area contributed by atoms with Crippen molar-refractivity contribution in [3.63, 3.8) is 0 Å². The minimum Gasteiger partial charge on any atom is -0.497 e. The second-order valence-corrected chi connectivity index (χ2v) is 8.86. The van der Waals surface area contributed by atoms with Gasteiger partial charge in [-0.05, 0) is 60.4 Å². The lowest BCUT2D eigenvalue weighted by molar-refractivity contribution is -0.118. The first-order chi connectivity index (χ1) is 18.9. The van der Waals surface area contributed by atoms with E-state index in [0.717, 1.165) is 35.4 Å². The van der Waals surface area contributed by atoms with Crippen LogP contribution >= 0.6 is 0 Å². The van der Waals surface area contributed by atoms with Crippen LogP contribution in [0.1, 0.15) is 30.7 Å². The topological polar surface area (TPSA) is 114 Å². The molecule has 4 rings (SSSR count). The van der Waals surface area contributed by atoms with Crippen molar-refractivity contribution < 1.29 is 14.3 Å². The van der Waals surface area contributed by atoms with Gasteiger partial charge >= 0.3 is 0 Å². The summed E-state index contributed by atoms with van der Waals surface area (Å²) in [6.07, 6.45) is 5.24. The maximum Gasteiger partial charge on any atom is 0.233 e.